The Morgan fingerprint density at radius 1 is 1.47 bits per heavy atom. The molecule has 1 aromatic heterocycles. The lowest BCUT2D eigenvalue weighted by Gasteiger charge is -2.18. The minimum Gasteiger partial charge on any atom is -0.473 e. The summed E-state index contributed by atoms with van der Waals surface area (Å²) >= 11 is 0. The molecule has 94 valence electrons. The minimum absolute atomic E-state index is 0.135. The van der Waals surface area contributed by atoms with Crippen LogP contribution in [0.1, 0.15) is 33.1 Å². The average Bonchev–Trinajstić information content (AvgIpc) is 2.66. The van der Waals surface area contributed by atoms with Gasteiger partial charge < -0.3 is 15.8 Å². The molecule has 1 aliphatic carbocycles. The fourth-order valence-corrected chi connectivity index (χ4v) is 2.19. The molecule has 1 saturated carbocycles. The third-order valence-corrected chi connectivity index (χ3v) is 2.95. The number of nitrogens with two attached hydrogens (primary N) is 1. The smallest absolute Gasteiger partial charge is 0.237 e. The van der Waals surface area contributed by atoms with E-state index >= 15 is 0 Å². The topological polar surface area (TPSA) is 60.2 Å². The largest absolute Gasteiger partial charge is 0.473 e. The second-order valence-corrected chi connectivity index (χ2v) is 4.94. The number of hydrogen-bond acceptors (Lipinski definition) is 4. The van der Waals surface area contributed by atoms with Crippen LogP contribution in [0.4, 0.5) is 5.69 Å². The molecule has 0 radical (unpaired) electrons. The van der Waals surface area contributed by atoms with Crippen molar-refractivity contribution in [3.05, 3.63) is 18.3 Å². The van der Waals surface area contributed by atoms with E-state index in [0.29, 0.717) is 18.0 Å². The molecule has 4 nitrogen and oxygen atoms in total. The van der Waals surface area contributed by atoms with Crippen LogP contribution in [0.15, 0.2) is 18.3 Å². The Bertz CT molecular complexity index is 367. The van der Waals surface area contributed by atoms with Crippen molar-refractivity contribution < 1.29 is 4.74 Å². The predicted octanol–water partition coefficient (Wildman–Crippen LogP) is 2.16. The first-order valence-electron chi connectivity index (χ1n) is 6.29. The van der Waals surface area contributed by atoms with Gasteiger partial charge in [0.15, 0.2) is 0 Å². The van der Waals surface area contributed by atoms with Crippen LogP contribution < -0.4 is 15.8 Å². The number of anilines is 1. The summed E-state index contributed by atoms with van der Waals surface area (Å²) in [6, 6.07) is 4.71. The molecular formula is C13H21N3O. The molecule has 2 rings (SSSR count). The molecule has 0 bridgehead atoms. The Labute approximate surface area is 103 Å². The molecule has 3 N–H and O–H groups in total. The van der Waals surface area contributed by atoms with E-state index in [2.05, 4.69) is 10.3 Å². The van der Waals surface area contributed by atoms with Crippen LogP contribution in [0.5, 0.6) is 5.88 Å². The fourth-order valence-electron chi connectivity index (χ4n) is 2.19. The third-order valence-electron chi connectivity index (χ3n) is 2.95. The van der Waals surface area contributed by atoms with Gasteiger partial charge in [0.2, 0.25) is 5.88 Å². The van der Waals surface area contributed by atoms with E-state index in [1.54, 1.807) is 6.20 Å². The molecule has 2 atom stereocenters. The van der Waals surface area contributed by atoms with Crippen molar-refractivity contribution in [1.29, 1.82) is 0 Å². The fraction of sp³-hybridized carbons (Fsp3) is 0.615. The van der Waals surface area contributed by atoms with Crippen molar-refractivity contribution in [2.75, 3.05) is 5.32 Å². The molecule has 17 heavy (non-hydrogen) atoms. The van der Waals surface area contributed by atoms with Crippen LogP contribution in [-0.2, 0) is 0 Å². The zero-order valence-corrected chi connectivity index (χ0v) is 10.5. The van der Waals surface area contributed by atoms with Gasteiger partial charge in [0.1, 0.15) is 0 Å². The highest BCUT2D eigenvalue weighted by atomic mass is 16.5. The highest BCUT2D eigenvalue weighted by Gasteiger charge is 2.22. The van der Waals surface area contributed by atoms with Gasteiger partial charge in [-0.25, -0.2) is 4.98 Å². The van der Waals surface area contributed by atoms with Gasteiger partial charge in [0.25, 0.3) is 0 Å². The zero-order valence-electron chi connectivity index (χ0n) is 10.5. The van der Waals surface area contributed by atoms with E-state index in [4.69, 9.17) is 10.5 Å². The van der Waals surface area contributed by atoms with Crippen molar-refractivity contribution in [3.63, 3.8) is 0 Å². The molecular weight excluding hydrogens is 214 g/mol. The summed E-state index contributed by atoms with van der Waals surface area (Å²) in [5.41, 5.74) is 6.88. The number of ether oxygens (including phenoxy) is 1. The summed E-state index contributed by atoms with van der Waals surface area (Å²) in [6.07, 6.45) is 5.13. The molecule has 0 aromatic carbocycles. The molecule has 0 aliphatic heterocycles. The number of nitrogens with one attached hydrogen (secondary N) is 1. The normalized spacial score (nSPS) is 24.0. The lowest BCUT2D eigenvalue weighted by molar-refractivity contribution is 0.234. The molecule has 0 spiro atoms. The van der Waals surface area contributed by atoms with Crippen LogP contribution in [-0.4, -0.2) is 23.2 Å². The molecule has 4 heteroatoms. The van der Waals surface area contributed by atoms with E-state index in [9.17, 15) is 0 Å². The highest BCUT2D eigenvalue weighted by Crippen LogP contribution is 2.27. The van der Waals surface area contributed by atoms with Gasteiger partial charge in [-0.05, 0) is 45.2 Å². The standard InChI is InChI=1S/C13H21N3O/c1-9(2)17-13-12(4-3-7-15-13)16-11-6-5-10(14)8-11/h3-4,7,9-11,16H,5-6,8,14H2,1-2H3. The Hall–Kier alpha value is -1.29. The SMILES string of the molecule is CC(C)Oc1ncccc1NC1CCC(N)C1. The minimum atomic E-state index is 0.135. The summed E-state index contributed by atoms with van der Waals surface area (Å²) in [6.45, 7) is 4.01. The van der Waals surface area contributed by atoms with Gasteiger partial charge >= 0.3 is 0 Å². The second kappa shape index (κ2) is 5.36. The van der Waals surface area contributed by atoms with Crippen LogP contribution in [0.2, 0.25) is 0 Å². The van der Waals surface area contributed by atoms with Crippen molar-refractivity contribution >= 4 is 5.69 Å². The van der Waals surface area contributed by atoms with Crippen LogP contribution in [0, 0.1) is 0 Å². The van der Waals surface area contributed by atoms with E-state index in [0.717, 1.165) is 24.9 Å². The van der Waals surface area contributed by atoms with Gasteiger partial charge in [0, 0.05) is 18.3 Å². The molecule has 0 amide bonds. The number of nitrogens with zero attached hydrogens (tertiary/aromatic N) is 1. The van der Waals surface area contributed by atoms with E-state index in [1.807, 2.05) is 26.0 Å². The van der Waals surface area contributed by atoms with Crippen LogP contribution in [0.25, 0.3) is 0 Å². The second-order valence-electron chi connectivity index (χ2n) is 4.94. The van der Waals surface area contributed by atoms with E-state index in [-0.39, 0.29) is 6.10 Å². The van der Waals surface area contributed by atoms with Crippen molar-refractivity contribution in [1.82, 2.24) is 4.98 Å². The Morgan fingerprint density at radius 3 is 2.94 bits per heavy atom. The Kier molecular flexibility index (Phi) is 3.84. The van der Waals surface area contributed by atoms with Crippen molar-refractivity contribution in [2.45, 2.75) is 51.3 Å². The average molecular weight is 235 g/mol. The van der Waals surface area contributed by atoms with E-state index < -0.39 is 0 Å². The molecule has 1 aromatic rings. The molecule has 0 saturated heterocycles. The molecule has 1 aliphatic rings. The molecule has 1 fully saturated rings. The summed E-state index contributed by atoms with van der Waals surface area (Å²) < 4.78 is 5.68. The first kappa shape index (κ1) is 12.2. The van der Waals surface area contributed by atoms with Crippen molar-refractivity contribution in [2.24, 2.45) is 5.73 Å². The van der Waals surface area contributed by atoms with Gasteiger partial charge in [-0.2, -0.15) is 0 Å². The summed E-state index contributed by atoms with van der Waals surface area (Å²) in [5, 5.41) is 3.48. The quantitative estimate of drug-likeness (QED) is 0.839. The first-order valence-corrected chi connectivity index (χ1v) is 6.29. The van der Waals surface area contributed by atoms with Gasteiger partial charge in [-0.1, -0.05) is 0 Å². The lowest BCUT2D eigenvalue weighted by Crippen LogP contribution is -2.21. The summed E-state index contributed by atoms with van der Waals surface area (Å²) in [5.74, 6) is 0.683. The van der Waals surface area contributed by atoms with Crippen molar-refractivity contribution in [3.8, 4) is 5.88 Å². The van der Waals surface area contributed by atoms with Crippen LogP contribution >= 0.6 is 0 Å². The Morgan fingerprint density at radius 2 is 2.29 bits per heavy atom. The van der Waals surface area contributed by atoms with Gasteiger partial charge in [-0.15, -0.1) is 0 Å². The maximum Gasteiger partial charge on any atom is 0.237 e. The van der Waals surface area contributed by atoms with Crippen LogP contribution in [0.3, 0.4) is 0 Å². The van der Waals surface area contributed by atoms with E-state index in [1.165, 1.54) is 0 Å². The third kappa shape index (κ3) is 3.33. The number of rotatable bonds is 4. The number of aromatic nitrogens is 1. The zero-order chi connectivity index (χ0) is 12.3. The van der Waals surface area contributed by atoms with Gasteiger partial charge in [-0.3, -0.25) is 0 Å². The molecule has 2 unspecified atom stereocenters. The monoisotopic (exact) mass is 235 g/mol. The van der Waals surface area contributed by atoms with Gasteiger partial charge in [0.05, 0.1) is 11.8 Å². The number of hydrogen-bond donors (Lipinski definition) is 2. The summed E-state index contributed by atoms with van der Waals surface area (Å²) in [4.78, 5) is 4.26. The lowest BCUT2D eigenvalue weighted by atomic mass is 10.2. The highest BCUT2D eigenvalue weighted by molar-refractivity contribution is 5.53. The first-order chi connectivity index (χ1) is 8.15. The Balaban J connectivity index is 2.04. The maximum absolute atomic E-state index is 5.91. The molecule has 1 heterocycles. The maximum atomic E-state index is 5.91. The number of pyridine rings is 1. The predicted molar refractivity (Wildman–Crippen MR) is 69.2 cm³/mol. The summed E-state index contributed by atoms with van der Waals surface area (Å²) in [7, 11) is 0.